The summed E-state index contributed by atoms with van der Waals surface area (Å²) in [5.41, 5.74) is 0. The molecule has 6 heteroatoms. The Hall–Kier alpha value is -0.620. The average Bonchev–Trinajstić information content (AvgIpc) is 2.30. The zero-order valence-corrected chi connectivity index (χ0v) is 12.6. The number of allylic oxidation sites excluding steroid dienone is 2. The fourth-order valence-corrected chi connectivity index (χ4v) is 3.47. The van der Waals surface area contributed by atoms with Gasteiger partial charge in [-0.2, -0.15) is 0 Å². The van der Waals surface area contributed by atoms with Crippen LogP contribution in [0.1, 0.15) is 39.5 Å². The Labute approximate surface area is 111 Å². The van der Waals surface area contributed by atoms with Crippen molar-refractivity contribution in [3.05, 3.63) is 23.0 Å². The van der Waals surface area contributed by atoms with Crippen LogP contribution in [0.2, 0.25) is 0 Å². The molecule has 0 heterocycles. The summed E-state index contributed by atoms with van der Waals surface area (Å²) in [4.78, 5) is 0. The zero-order valence-electron chi connectivity index (χ0n) is 11.0. The Bertz CT molecular complexity index is 424. The third-order valence-electron chi connectivity index (χ3n) is 2.25. The molecule has 0 saturated carbocycles. The van der Waals surface area contributed by atoms with Crippen LogP contribution >= 0.6 is 0 Å². The monoisotopic (exact) mass is 294 g/mol. The molecule has 0 rings (SSSR count). The third-order valence-corrected chi connectivity index (χ3v) is 5.11. The SMILES string of the molecule is CCCCS(=O)(=O)/C=C/C=C/S(=O)(=O)CCCC. The summed E-state index contributed by atoms with van der Waals surface area (Å²) < 4.78 is 45.7. The molecule has 0 fully saturated rings. The maximum atomic E-state index is 11.4. The van der Waals surface area contributed by atoms with Crippen molar-refractivity contribution < 1.29 is 16.8 Å². The molecule has 0 amide bonds. The van der Waals surface area contributed by atoms with Gasteiger partial charge in [0.1, 0.15) is 0 Å². The smallest absolute Gasteiger partial charge is 0.171 e. The van der Waals surface area contributed by atoms with Gasteiger partial charge in [-0.15, -0.1) is 0 Å². The fraction of sp³-hybridized carbons (Fsp3) is 0.667. The van der Waals surface area contributed by atoms with E-state index in [2.05, 4.69) is 0 Å². The maximum Gasteiger partial charge on any atom is 0.171 e. The van der Waals surface area contributed by atoms with Gasteiger partial charge in [-0.05, 0) is 12.8 Å². The maximum absolute atomic E-state index is 11.4. The van der Waals surface area contributed by atoms with Crippen LogP contribution in [0.4, 0.5) is 0 Å². The number of unbranched alkanes of at least 4 members (excludes halogenated alkanes) is 2. The Kier molecular flexibility index (Phi) is 8.18. The lowest BCUT2D eigenvalue weighted by Gasteiger charge is -1.96. The molecule has 0 atom stereocenters. The van der Waals surface area contributed by atoms with Crippen molar-refractivity contribution in [3.8, 4) is 0 Å². The first-order valence-electron chi connectivity index (χ1n) is 6.13. The van der Waals surface area contributed by atoms with E-state index >= 15 is 0 Å². The minimum atomic E-state index is -3.21. The van der Waals surface area contributed by atoms with E-state index in [0.29, 0.717) is 12.8 Å². The van der Waals surface area contributed by atoms with Crippen molar-refractivity contribution in [1.82, 2.24) is 0 Å². The molecule has 0 aliphatic carbocycles. The first-order chi connectivity index (χ1) is 8.33. The van der Waals surface area contributed by atoms with Gasteiger partial charge in [0, 0.05) is 10.8 Å². The number of rotatable bonds is 9. The lowest BCUT2D eigenvalue weighted by Crippen LogP contribution is -2.02. The summed E-state index contributed by atoms with van der Waals surface area (Å²) in [6.07, 6.45) is 5.40. The van der Waals surface area contributed by atoms with Gasteiger partial charge >= 0.3 is 0 Å². The van der Waals surface area contributed by atoms with Crippen LogP contribution in [0.25, 0.3) is 0 Å². The van der Waals surface area contributed by atoms with Gasteiger partial charge in [-0.25, -0.2) is 16.8 Å². The van der Waals surface area contributed by atoms with Crippen LogP contribution in [0.15, 0.2) is 23.0 Å². The Balaban J connectivity index is 4.39. The molecule has 18 heavy (non-hydrogen) atoms. The van der Waals surface area contributed by atoms with E-state index in [9.17, 15) is 16.8 Å². The molecule has 0 aliphatic rings. The fourth-order valence-electron chi connectivity index (χ4n) is 1.16. The Morgan fingerprint density at radius 3 is 1.33 bits per heavy atom. The Morgan fingerprint density at radius 1 is 0.722 bits per heavy atom. The topological polar surface area (TPSA) is 68.3 Å². The lowest BCUT2D eigenvalue weighted by molar-refractivity contribution is 0.599. The molecule has 0 aromatic rings. The summed E-state index contributed by atoms with van der Waals surface area (Å²) >= 11 is 0. The Morgan fingerprint density at radius 2 is 1.06 bits per heavy atom. The second-order valence-electron chi connectivity index (χ2n) is 4.10. The van der Waals surface area contributed by atoms with Gasteiger partial charge in [-0.1, -0.05) is 38.8 Å². The third kappa shape index (κ3) is 9.41. The second-order valence-corrected chi connectivity index (χ2v) is 8.11. The van der Waals surface area contributed by atoms with Crippen LogP contribution in [0.3, 0.4) is 0 Å². The molecule has 0 aliphatic heterocycles. The van der Waals surface area contributed by atoms with Crippen molar-refractivity contribution in [2.24, 2.45) is 0 Å². The predicted molar refractivity (Wildman–Crippen MR) is 75.7 cm³/mol. The second kappa shape index (κ2) is 8.48. The minimum absolute atomic E-state index is 0.108. The van der Waals surface area contributed by atoms with E-state index in [-0.39, 0.29) is 11.5 Å². The molecular formula is C12H22O4S2. The summed E-state index contributed by atoms with van der Waals surface area (Å²) in [6.45, 7) is 3.83. The summed E-state index contributed by atoms with van der Waals surface area (Å²) in [6, 6.07) is 0. The molecule has 106 valence electrons. The van der Waals surface area contributed by atoms with Crippen LogP contribution in [0.5, 0.6) is 0 Å². The molecular weight excluding hydrogens is 272 g/mol. The van der Waals surface area contributed by atoms with E-state index in [1.165, 1.54) is 12.2 Å². The minimum Gasteiger partial charge on any atom is -0.224 e. The van der Waals surface area contributed by atoms with Gasteiger partial charge in [0.15, 0.2) is 19.7 Å². The van der Waals surface area contributed by atoms with Crippen LogP contribution in [-0.2, 0) is 19.7 Å². The molecule has 0 N–H and O–H groups in total. The molecule has 4 nitrogen and oxygen atoms in total. The van der Waals surface area contributed by atoms with Crippen molar-refractivity contribution in [2.75, 3.05) is 11.5 Å². The van der Waals surface area contributed by atoms with Crippen molar-refractivity contribution in [3.63, 3.8) is 0 Å². The molecule has 0 bridgehead atoms. The van der Waals surface area contributed by atoms with E-state index in [0.717, 1.165) is 23.7 Å². The first-order valence-corrected chi connectivity index (χ1v) is 9.56. The standard InChI is InChI=1S/C12H22O4S2/c1-3-5-9-17(13,14)11-7-8-12-18(15,16)10-6-4-2/h7-8,11-12H,3-6,9-10H2,1-2H3/b11-7+,12-8+. The summed E-state index contributed by atoms with van der Waals surface area (Å²) in [5, 5.41) is 2.13. The number of hydrogen-bond donors (Lipinski definition) is 0. The van der Waals surface area contributed by atoms with E-state index in [1.54, 1.807) is 0 Å². The quantitative estimate of drug-likeness (QED) is 0.612. The molecule has 0 saturated heterocycles. The number of sulfone groups is 2. The predicted octanol–water partition coefficient (Wildman–Crippen LogP) is 2.44. The summed E-state index contributed by atoms with van der Waals surface area (Å²) in [5.74, 6) is 0.215. The van der Waals surface area contributed by atoms with Gasteiger partial charge < -0.3 is 0 Å². The first kappa shape index (κ1) is 17.4. The molecule has 0 unspecified atom stereocenters. The highest BCUT2D eigenvalue weighted by Gasteiger charge is 2.05. The van der Waals surface area contributed by atoms with Crippen LogP contribution < -0.4 is 0 Å². The molecule has 0 spiro atoms. The van der Waals surface area contributed by atoms with Crippen molar-refractivity contribution >= 4 is 19.7 Å². The van der Waals surface area contributed by atoms with Gasteiger partial charge in [0.25, 0.3) is 0 Å². The van der Waals surface area contributed by atoms with E-state index < -0.39 is 19.7 Å². The van der Waals surface area contributed by atoms with Gasteiger partial charge in [-0.3, -0.25) is 0 Å². The van der Waals surface area contributed by atoms with Gasteiger partial charge in [0.05, 0.1) is 11.5 Å². The highest BCUT2D eigenvalue weighted by atomic mass is 32.2. The van der Waals surface area contributed by atoms with Crippen LogP contribution in [0, 0.1) is 0 Å². The highest BCUT2D eigenvalue weighted by Crippen LogP contribution is 2.01. The average molecular weight is 294 g/mol. The van der Waals surface area contributed by atoms with Crippen molar-refractivity contribution in [2.45, 2.75) is 39.5 Å². The highest BCUT2D eigenvalue weighted by molar-refractivity contribution is 7.94. The van der Waals surface area contributed by atoms with Crippen molar-refractivity contribution in [1.29, 1.82) is 0 Å². The lowest BCUT2D eigenvalue weighted by atomic mass is 10.4. The normalized spacial score (nSPS) is 13.7. The molecule has 0 aromatic heterocycles. The molecule has 0 radical (unpaired) electrons. The van der Waals surface area contributed by atoms with Gasteiger partial charge in [0.2, 0.25) is 0 Å². The van der Waals surface area contributed by atoms with E-state index in [4.69, 9.17) is 0 Å². The van der Waals surface area contributed by atoms with Crippen LogP contribution in [-0.4, -0.2) is 28.3 Å². The largest absolute Gasteiger partial charge is 0.224 e. The summed E-state index contributed by atoms with van der Waals surface area (Å²) in [7, 11) is -6.41. The molecule has 0 aromatic carbocycles. The van der Waals surface area contributed by atoms with E-state index in [1.807, 2.05) is 13.8 Å². The zero-order chi connectivity index (χ0) is 14.1. The number of hydrogen-bond acceptors (Lipinski definition) is 4.